The second-order valence-corrected chi connectivity index (χ2v) is 13.4. The van der Waals surface area contributed by atoms with Crippen LogP contribution in [0.1, 0.15) is 0 Å². The highest BCUT2D eigenvalue weighted by atomic mass is 32.4. The third-order valence-electron chi connectivity index (χ3n) is 4.74. The molecule has 2 aromatic rings. The normalized spacial score (nSPS) is 20.6. The van der Waals surface area contributed by atoms with Crippen molar-refractivity contribution in [3.63, 3.8) is 0 Å². The number of nitrogens with zero attached hydrogens (tertiary/aromatic N) is 3. The molecule has 1 aromatic carbocycles. The van der Waals surface area contributed by atoms with Crippen LogP contribution in [0.15, 0.2) is 28.6 Å². The molecule has 1 aromatic heterocycles. The van der Waals surface area contributed by atoms with E-state index in [4.69, 9.17) is 26.3 Å². The summed E-state index contributed by atoms with van der Waals surface area (Å²) in [5.41, 5.74) is 1.10. The van der Waals surface area contributed by atoms with Gasteiger partial charge in [-0.3, -0.25) is 9.34 Å². The smallest absolute Gasteiger partial charge is 0.151 e. The summed E-state index contributed by atoms with van der Waals surface area (Å²) in [6, 6.07) is 8.35. The van der Waals surface area contributed by atoms with Gasteiger partial charge in [-0.25, -0.2) is 4.98 Å². The van der Waals surface area contributed by atoms with Crippen molar-refractivity contribution in [1.29, 1.82) is 0 Å². The van der Waals surface area contributed by atoms with Crippen LogP contribution in [-0.4, -0.2) is 78.8 Å². The van der Waals surface area contributed by atoms with Crippen molar-refractivity contribution < 1.29 is 9.47 Å². The number of ether oxygens (including phenoxy) is 2. The van der Waals surface area contributed by atoms with Crippen molar-refractivity contribution in [3.8, 4) is 0 Å². The van der Waals surface area contributed by atoms with E-state index in [1.807, 2.05) is 17.8 Å². The number of fused-ring (bicyclic) bond motifs is 1. The second kappa shape index (κ2) is 8.97. The molecule has 9 heteroatoms. The Morgan fingerprint density at radius 2 is 1.65 bits per heavy atom. The molecule has 0 aliphatic carbocycles. The van der Waals surface area contributed by atoms with Crippen molar-refractivity contribution in [3.05, 3.63) is 24.3 Å². The third-order valence-corrected chi connectivity index (χ3v) is 12.5. The van der Waals surface area contributed by atoms with Crippen LogP contribution >= 0.6 is 29.4 Å². The highest BCUT2D eigenvalue weighted by Gasteiger charge is 2.34. The molecule has 2 saturated heterocycles. The molecule has 0 radical (unpaired) electrons. The number of hydrogen-bond acceptors (Lipinski definition) is 6. The lowest BCUT2D eigenvalue weighted by atomic mass is 10.3. The van der Waals surface area contributed by atoms with Gasteiger partial charge in [0.15, 0.2) is 4.34 Å². The van der Waals surface area contributed by atoms with E-state index in [9.17, 15) is 0 Å². The number of aromatic nitrogens is 1. The Hall–Kier alpha value is -0.0500. The fourth-order valence-electron chi connectivity index (χ4n) is 3.36. The van der Waals surface area contributed by atoms with E-state index in [1.165, 1.54) is 4.70 Å². The van der Waals surface area contributed by atoms with Gasteiger partial charge < -0.3 is 9.47 Å². The van der Waals surface area contributed by atoms with Crippen LogP contribution in [0, 0.1) is 0 Å². The summed E-state index contributed by atoms with van der Waals surface area (Å²) < 4.78 is 18.6. The molecule has 5 nitrogen and oxygen atoms in total. The van der Waals surface area contributed by atoms with E-state index in [1.54, 1.807) is 11.3 Å². The van der Waals surface area contributed by atoms with Crippen LogP contribution in [0.5, 0.6) is 0 Å². The summed E-state index contributed by atoms with van der Waals surface area (Å²) in [6.07, 6.45) is -0.701. The van der Waals surface area contributed by atoms with E-state index in [0.29, 0.717) is 0 Å². The summed E-state index contributed by atoms with van der Waals surface area (Å²) in [4.78, 5) is 4.75. The lowest BCUT2D eigenvalue weighted by Gasteiger charge is -2.45. The predicted octanol–water partition coefficient (Wildman–Crippen LogP) is 3.36. The monoisotopic (exact) mass is 429 g/mol. The van der Waals surface area contributed by atoms with Crippen LogP contribution in [0.4, 0.5) is 0 Å². The number of hydrogen-bond donors (Lipinski definition) is 0. The first-order valence-corrected chi connectivity index (χ1v) is 13.7. The van der Waals surface area contributed by atoms with Gasteiger partial charge in [-0.05, 0) is 12.1 Å². The van der Waals surface area contributed by atoms with Crippen molar-refractivity contribution in [2.45, 2.75) is 4.34 Å². The van der Waals surface area contributed by atoms with Crippen molar-refractivity contribution in [2.75, 3.05) is 64.5 Å². The maximum atomic E-state index is 6.34. The molecule has 2 aliphatic rings. The fraction of sp³-hybridized carbons (Fsp3) is 0.588. The van der Waals surface area contributed by atoms with E-state index in [2.05, 4.69) is 27.5 Å². The molecule has 0 atom stereocenters. The molecule has 0 bridgehead atoms. The zero-order chi connectivity index (χ0) is 17.8. The van der Waals surface area contributed by atoms with Gasteiger partial charge in [-0.1, -0.05) is 35.7 Å². The molecule has 0 amide bonds. The molecule has 26 heavy (non-hydrogen) atoms. The summed E-state index contributed by atoms with van der Waals surface area (Å²) >= 11 is 9.98. The molecule has 4 rings (SSSR count). The van der Waals surface area contributed by atoms with E-state index in [-0.39, 0.29) is 0 Å². The minimum Gasteiger partial charge on any atom is -0.379 e. The lowest BCUT2D eigenvalue weighted by molar-refractivity contribution is 0.0580. The first kappa shape index (κ1) is 19.3. The zero-order valence-electron chi connectivity index (χ0n) is 14.7. The Morgan fingerprint density at radius 3 is 2.27 bits per heavy atom. The van der Waals surface area contributed by atoms with Gasteiger partial charge in [0.1, 0.15) is 0 Å². The molecule has 0 spiro atoms. The number of thiazole rings is 1. The maximum Gasteiger partial charge on any atom is 0.151 e. The van der Waals surface area contributed by atoms with Gasteiger partial charge in [-0.15, -0.1) is 11.3 Å². The van der Waals surface area contributed by atoms with E-state index >= 15 is 0 Å². The fourth-order valence-corrected chi connectivity index (χ4v) is 10.6. The van der Waals surface area contributed by atoms with Gasteiger partial charge in [0.05, 0.1) is 43.0 Å². The topological polar surface area (TPSA) is 37.8 Å². The summed E-state index contributed by atoms with van der Waals surface area (Å²) in [5.74, 6) is 1.02. The SMILES string of the molecule is S=P(CCSc1nc2ccccc2s1)(N1CCOCC1)N1CCOCC1. The molecule has 2 fully saturated rings. The largest absolute Gasteiger partial charge is 0.379 e. The first-order chi connectivity index (χ1) is 12.8. The molecule has 0 unspecified atom stereocenters. The minimum atomic E-state index is -1.75. The maximum absolute atomic E-state index is 6.34. The third kappa shape index (κ3) is 4.33. The van der Waals surface area contributed by atoms with Crippen LogP contribution in [-0.2, 0) is 21.3 Å². The molecular weight excluding hydrogens is 405 g/mol. The molecule has 0 N–H and O–H groups in total. The van der Waals surface area contributed by atoms with Crippen molar-refractivity contribution >= 4 is 51.5 Å². The average Bonchev–Trinajstić information content (AvgIpc) is 3.12. The van der Waals surface area contributed by atoms with Crippen LogP contribution in [0.2, 0.25) is 0 Å². The standard InChI is InChI=1S/C17H24N3O2PS3/c24-23(19-5-9-21-10-6-19,20-7-11-22-12-8-20)13-14-25-17-18-15-3-1-2-4-16(15)26-17/h1-4H,5-14H2. The Kier molecular flexibility index (Phi) is 6.65. The van der Waals surface area contributed by atoms with Gasteiger partial charge in [0.25, 0.3) is 0 Å². The van der Waals surface area contributed by atoms with Gasteiger partial charge >= 0.3 is 0 Å². The molecule has 3 heterocycles. The number of para-hydroxylation sites is 1. The van der Waals surface area contributed by atoms with Crippen LogP contribution in [0.3, 0.4) is 0 Å². The first-order valence-electron chi connectivity index (χ1n) is 8.99. The number of morpholine rings is 2. The van der Waals surface area contributed by atoms with Gasteiger partial charge in [0.2, 0.25) is 0 Å². The van der Waals surface area contributed by atoms with Gasteiger partial charge in [0, 0.05) is 38.1 Å². The number of benzene rings is 1. The van der Waals surface area contributed by atoms with Crippen molar-refractivity contribution in [1.82, 2.24) is 14.3 Å². The Bertz CT molecular complexity index is 720. The van der Waals surface area contributed by atoms with Crippen LogP contribution < -0.4 is 0 Å². The number of thioether (sulfide) groups is 1. The van der Waals surface area contributed by atoms with E-state index < -0.39 is 6.34 Å². The van der Waals surface area contributed by atoms with Crippen molar-refractivity contribution in [2.24, 2.45) is 0 Å². The summed E-state index contributed by atoms with van der Waals surface area (Å²) in [7, 11) is 0. The Balaban J connectivity index is 1.44. The van der Waals surface area contributed by atoms with E-state index in [0.717, 1.165) is 74.4 Å². The Labute approximate surface area is 168 Å². The predicted molar refractivity (Wildman–Crippen MR) is 114 cm³/mol. The zero-order valence-corrected chi connectivity index (χ0v) is 18.1. The Morgan fingerprint density at radius 1 is 1.04 bits per heavy atom. The average molecular weight is 430 g/mol. The quantitative estimate of drug-likeness (QED) is 0.515. The molecule has 0 saturated carbocycles. The second-order valence-electron chi connectivity index (χ2n) is 6.32. The summed E-state index contributed by atoms with van der Waals surface area (Å²) in [5, 5.41) is 0. The molecular formula is C17H24N3O2PS3. The van der Waals surface area contributed by atoms with Crippen LogP contribution in [0.25, 0.3) is 10.2 Å². The number of rotatable bonds is 6. The highest BCUT2D eigenvalue weighted by molar-refractivity contribution is 8.12. The summed E-state index contributed by atoms with van der Waals surface area (Å²) in [6.45, 7) is 7.03. The lowest BCUT2D eigenvalue weighted by Crippen LogP contribution is -2.44. The highest BCUT2D eigenvalue weighted by Crippen LogP contribution is 2.54. The van der Waals surface area contributed by atoms with Gasteiger partial charge in [-0.2, -0.15) is 0 Å². The minimum absolute atomic E-state index is 0.799. The molecule has 2 aliphatic heterocycles. The molecule has 142 valence electrons.